The summed E-state index contributed by atoms with van der Waals surface area (Å²) < 4.78 is 12.6. The summed E-state index contributed by atoms with van der Waals surface area (Å²) >= 11 is 0. The van der Waals surface area contributed by atoms with Crippen LogP contribution >= 0.6 is 0 Å². The second kappa shape index (κ2) is 11.6. The van der Waals surface area contributed by atoms with Gasteiger partial charge in [0.15, 0.2) is 0 Å². The maximum atomic E-state index is 9.72. The highest BCUT2D eigenvalue weighted by molar-refractivity contribution is 6.15. The molecule has 0 unspecified atom stereocenters. The van der Waals surface area contributed by atoms with Crippen molar-refractivity contribution in [3.63, 3.8) is 0 Å². The molecule has 0 aliphatic heterocycles. The van der Waals surface area contributed by atoms with Crippen molar-refractivity contribution in [3.05, 3.63) is 121 Å². The second-order valence-electron chi connectivity index (χ2n) is 9.56. The molecule has 0 fully saturated rings. The molecule has 0 saturated heterocycles. The van der Waals surface area contributed by atoms with Crippen molar-refractivity contribution in [2.45, 2.75) is 0 Å². The average molecular weight is 527 g/mol. The van der Waals surface area contributed by atoms with Gasteiger partial charge in [-0.15, -0.1) is 0 Å². The van der Waals surface area contributed by atoms with Crippen LogP contribution in [0, 0.1) is 0 Å². The number of aliphatic hydroxyl groups excluding tert-OH is 2. The number of fused-ring (bicyclic) bond motifs is 2. The fraction of sp³-hybridized carbons (Fsp3) is 0.111. The Labute approximate surface area is 233 Å². The third kappa shape index (κ3) is 4.79. The number of rotatable bonds is 9. The van der Waals surface area contributed by atoms with Crippen LogP contribution in [-0.4, -0.2) is 36.6 Å². The number of benzene rings is 6. The van der Waals surface area contributed by atoms with Crippen molar-refractivity contribution in [3.8, 4) is 44.9 Å². The molecular weight excluding hydrogens is 496 g/mol. The second-order valence-corrected chi connectivity index (χ2v) is 9.56. The molecule has 6 rings (SSSR count). The molecule has 0 aliphatic rings. The van der Waals surface area contributed by atoms with Crippen LogP contribution in [0.15, 0.2) is 121 Å². The Balaban J connectivity index is 1.73. The van der Waals surface area contributed by atoms with Crippen LogP contribution < -0.4 is 9.47 Å². The number of ether oxygens (including phenoxy) is 2. The zero-order chi connectivity index (χ0) is 27.3. The van der Waals surface area contributed by atoms with Gasteiger partial charge >= 0.3 is 0 Å². The molecule has 0 amide bonds. The van der Waals surface area contributed by atoms with Crippen molar-refractivity contribution in [1.82, 2.24) is 0 Å². The van der Waals surface area contributed by atoms with Crippen LogP contribution in [-0.2, 0) is 0 Å². The van der Waals surface area contributed by atoms with E-state index in [1.54, 1.807) is 0 Å². The van der Waals surface area contributed by atoms with Crippen molar-refractivity contribution in [2.24, 2.45) is 0 Å². The van der Waals surface area contributed by atoms with Gasteiger partial charge in [0.1, 0.15) is 24.7 Å². The summed E-state index contributed by atoms with van der Waals surface area (Å²) in [6.07, 6.45) is 0. The van der Waals surface area contributed by atoms with E-state index in [-0.39, 0.29) is 26.4 Å². The van der Waals surface area contributed by atoms with E-state index in [4.69, 9.17) is 9.47 Å². The van der Waals surface area contributed by atoms with E-state index in [9.17, 15) is 10.2 Å². The van der Waals surface area contributed by atoms with Crippen molar-refractivity contribution >= 4 is 21.5 Å². The van der Waals surface area contributed by atoms with E-state index in [0.717, 1.165) is 54.9 Å². The molecular formula is C36H30O4. The van der Waals surface area contributed by atoms with Crippen LogP contribution in [0.4, 0.5) is 0 Å². The zero-order valence-electron chi connectivity index (χ0n) is 22.1. The maximum absolute atomic E-state index is 9.72. The van der Waals surface area contributed by atoms with Crippen LogP contribution in [0.25, 0.3) is 54.9 Å². The molecule has 2 N–H and O–H groups in total. The van der Waals surface area contributed by atoms with E-state index in [2.05, 4.69) is 60.7 Å². The fourth-order valence-corrected chi connectivity index (χ4v) is 5.47. The van der Waals surface area contributed by atoms with Crippen LogP contribution in [0.1, 0.15) is 0 Å². The van der Waals surface area contributed by atoms with Crippen molar-refractivity contribution < 1.29 is 19.7 Å². The molecule has 6 aromatic carbocycles. The number of aliphatic hydroxyl groups is 2. The van der Waals surface area contributed by atoms with E-state index in [1.165, 1.54) is 0 Å². The molecule has 0 aliphatic carbocycles. The lowest BCUT2D eigenvalue weighted by atomic mass is 9.86. The quantitative estimate of drug-likeness (QED) is 0.202. The van der Waals surface area contributed by atoms with Gasteiger partial charge in [-0.05, 0) is 55.9 Å². The average Bonchev–Trinajstić information content (AvgIpc) is 3.02. The topological polar surface area (TPSA) is 58.9 Å². The predicted molar refractivity (Wildman–Crippen MR) is 163 cm³/mol. The monoisotopic (exact) mass is 526 g/mol. The molecule has 40 heavy (non-hydrogen) atoms. The lowest BCUT2D eigenvalue weighted by Crippen LogP contribution is -2.06. The highest BCUT2D eigenvalue weighted by Gasteiger charge is 2.23. The predicted octanol–water partition coefficient (Wildman–Crippen LogP) is 7.74. The molecule has 0 heterocycles. The van der Waals surface area contributed by atoms with Gasteiger partial charge in [0, 0.05) is 11.1 Å². The van der Waals surface area contributed by atoms with Crippen molar-refractivity contribution in [2.75, 3.05) is 26.4 Å². The highest BCUT2D eigenvalue weighted by atomic mass is 16.5. The highest BCUT2D eigenvalue weighted by Crippen LogP contribution is 2.50. The number of hydrogen-bond donors (Lipinski definition) is 2. The Morgan fingerprint density at radius 3 is 1.15 bits per heavy atom. The van der Waals surface area contributed by atoms with Gasteiger partial charge in [-0.2, -0.15) is 0 Å². The molecule has 0 spiro atoms. The summed E-state index contributed by atoms with van der Waals surface area (Å²) in [6, 6.07) is 41.3. The third-order valence-corrected chi connectivity index (χ3v) is 7.13. The Kier molecular flexibility index (Phi) is 7.45. The van der Waals surface area contributed by atoms with Crippen LogP contribution in [0.2, 0.25) is 0 Å². The first-order chi connectivity index (χ1) is 19.8. The van der Waals surface area contributed by atoms with Gasteiger partial charge < -0.3 is 19.7 Å². The standard InChI is InChI=1S/C36H30O4/c37-19-21-39-33-23-31(25-11-3-1-4-12-25)27-15-7-9-17-29(27)35(33)36-30-18-10-8-16-28(30)32(24-34(36)40-22-20-38)26-13-5-2-6-14-26/h1-18,23-24,37-38H,19-22H2. The summed E-state index contributed by atoms with van der Waals surface area (Å²) in [7, 11) is 0. The van der Waals surface area contributed by atoms with Gasteiger partial charge in [-0.3, -0.25) is 0 Å². The van der Waals surface area contributed by atoms with Crippen molar-refractivity contribution in [1.29, 1.82) is 0 Å². The maximum Gasteiger partial charge on any atom is 0.128 e. The molecule has 198 valence electrons. The molecule has 4 nitrogen and oxygen atoms in total. The van der Waals surface area contributed by atoms with Gasteiger partial charge in [0.2, 0.25) is 0 Å². The molecule has 0 radical (unpaired) electrons. The van der Waals surface area contributed by atoms with Crippen LogP contribution in [0.3, 0.4) is 0 Å². The molecule has 0 bridgehead atoms. The first-order valence-corrected chi connectivity index (χ1v) is 13.5. The first-order valence-electron chi connectivity index (χ1n) is 13.5. The minimum Gasteiger partial charge on any atom is -0.491 e. The summed E-state index contributed by atoms with van der Waals surface area (Å²) in [4.78, 5) is 0. The minimum absolute atomic E-state index is 0.103. The summed E-state index contributed by atoms with van der Waals surface area (Å²) in [5.74, 6) is 1.33. The third-order valence-electron chi connectivity index (χ3n) is 7.13. The van der Waals surface area contributed by atoms with Gasteiger partial charge in [0.25, 0.3) is 0 Å². The van der Waals surface area contributed by atoms with Gasteiger partial charge in [-0.25, -0.2) is 0 Å². The Bertz CT molecular complexity index is 1630. The largest absolute Gasteiger partial charge is 0.491 e. The first kappa shape index (κ1) is 25.6. The van der Waals surface area contributed by atoms with Gasteiger partial charge in [-0.1, -0.05) is 109 Å². The van der Waals surface area contributed by atoms with E-state index in [1.807, 2.05) is 60.7 Å². The summed E-state index contributed by atoms with van der Waals surface area (Å²) in [5.41, 5.74) is 6.06. The Hall–Kier alpha value is -4.64. The zero-order valence-corrected chi connectivity index (χ0v) is 22.1. The van der Waals surface area contributed by atoms with Crippen LogP contribution in [0.5, 0.6) is 11.5 Å². The smallest absolute Gasteiger partial charge is 0.128 e. The van der Waals surface area contributed by atoms with E-state index < -0.39 is 0 Å². The molecule has 0 aromatic heterocycles. The van der Waals surface area contributed by atoms with Gasteiger partial charge in [0.05, 0.1) is 13.2 Å². The number of hydrogen-bond acceptors (Lipinski definition) is 4. The van der Waals surface area contributed by atoms with E-state index >= 15 is 0 Å². The molecule has 4 heteroatoms. The Morgan fingerprint density at radius 2 is 0.775 bits per heavy atom. The lowest BCUT2D eigenvalue weighted by molar-refractivity contribution is 0.200. The normalized spacial score (nSPS) is 11.2. The molecule has 0 saturated carbocycles. The summed E-state index contributed by atoms with van der Waals surface area (Å²) in [6.45, 7) is 0.113. The lowest BCUT2D eigenvalue weighted by Gasteiger charge is -2.22. The van der Waals surface area contributed by atoms with E-state index in [0.29, 0.717) is 11.5 Å². The summed E-state index contributed by atoms with van der Waals surface area (Å²) in [5, 5.41) is 23.6. The fourth-order valence-electron chi connectivity index (χ4n) is 5.47. The molecule has 6 aromatic rings. The minimum atomic E-state index is -0.103. The Morgan fingerprint density at radius 1 is 0.425 bits per heavy atom. The molecule has 0 atom stereocenters. The SMILES string of the molecule is OCCOc1cc(-c2ccccc2)c2ccccc2c1-c1c(OCCO)cc(-c2ccccc2)c2ccccc12.